The second-order valence-electron chi connectivity index (χ2n) is 10.3. The summed E-state index contributed by atoms with van der Waals surface area (Å²) in [6.07, 6.45) is -2.73. The number of carboxylic acid groups (broad SMARTS) is 1. The highest BCUT2D eigenvalue weighted by Crippen LogP contribution is 2.55. The first-order chi connectivity index (χ1) is 16.7. The van der Waals surface area contributed by atoms with Crippen LogP contribution in [0.15, 0.2) is 30.9 Å². The average molecular weight is 502 g/mol. The van der Waals surface area contributed by atoms with Crippen molar-refractivity contribution in [1.82, 2.24) is 29.7 Å². The fourth-order valence-electron chi connectivity index (χ4n) is 5.82. The van der Waals surface area contributed by atoms with Crippen molar-refractivity contribution in [3.63, 3.8) is 0 Å². The molecule has 1 fully saturated rings. The normalized spacial score (nSPS) is 20.4. The Balaban J connectivity index is 2.20. The lowest BCUT2D eigenvalue weighted by molar-refractivity contribution is -0.136. The number of aromatic nitrogens is 4. The van der Waals surface area contributed by atoms with Crippen LogP contribution < -0.4 is 5.32 Å². The topological polar surface area (TPSA) is 120 Å². The Morgan fingerprint density at radius 1 is 1.22 bits per heavy atom. The van der Waals surface area contributed by atoms with E-state index in [1.807, 2.05) is 6.07 Å². The van der Waals surface area contributed by atoms with Gasteiger partial charge in [0.05, 0.1) is 28.3 Å². The van der Waals surface area contributed by atoms with Crippen LogP contribution in [0.5, 0.6) is 0 Å². The molecule has 0 spiro atoms. The molecule has 1 atom stereocenters. The van der Waals surface area contributed by atoms with E-state index < -0.39 is 34.3 Å². The molecule has 1 aliphatic heterocycles. The number of hydrogen-bond donors (Lipinski definition) is 2. The number of amides is 1. The summed E-state index contributed by atoms with van der Waals surface area (Å²) in [4.78, 5) is 26.5. The van der Waals surface area contributed by atoms with Crippen LogP contribution in [0.2, 0.25) is 0 Å². The first-order valence-corrected chi connectivity index (χ1v) is 11.2. The summed E-state index contributed by atoms with van der Waals surface area (Å²) in [7, 11) is 0. The molecule has 0 aliphatic carbocycles. The van der Waals surface area contributed by atoms with Crippen molar-refractivity contribution in [2.45, 2.75) is 51.9 Å². The van der Waals surface area contributed by atoms with Gasteiger partial charge in [-0.25, -0.2) is 19.7 Å². The van der Waals surface area contributed by atoms with Gasteiger partial charge in [-0.3, -0.25) is 9.47 Å². The first-order valence-electron chi connectivity index (χ1n) is 11.2. The van der Waals surface area contributed by atoms with E-state index >= 15 is 0 Å². The van der Waals surface area contributed by atoms with Gasteiger partial charge >= 0.3 is 12.3 Å². The number of rotatable bonds is 2. The number of piperazine rings is 1. The molecule has 36 heavy (non-hydrogen) atoms. The number of nitrogens with one attached hydrogen (secondary N) is 1. The van der Waals surface area contributed by atoms with Crippen molar-refractivity contribution >= 4 is 17.1 Å². The zero-order valence-electron chi connectivity index (χ0n) is 20.5. The van der Waals surface area contributed by atoms with Crippen molar-refractivity contribution in [1.29, 1.82) is 5.26 Å². The molecule has 3 aromatic heterocycles. The zero-order valence-corrected chi connectivity index (χ0v) is 20.5. The lowest BCUT2D eigenvalue weighted by Gasteiger charge is -2.61. The number of nitriles is 1. The fourth-order valence-corrected chi connectivity index (χ4v) is 5.82. The maximum Gasteiger partial charge on any atom is 0.418 e. The Morgan fingerprint density at radius 3 is 2.50 bits per heavy atom. The third-order valence-corrected chi connectivity index (χ3v) is 6.88. The van der Waals surface area contributed by atoms with E-state index in [4.69, 9.17) is 0 Å². The Hall–Kier alpha value is -3.72. The van der Waals surface area contributed by atoms with Gasteiger partial charge in [0.2, 0.25) is 0 Å². The molecule has 1 saturated heterocycles. The number of pyridine rings is 1. The zero-order chi connectivity index (χ0) is 26.7. The number of nitrogens with zero attached hydrogens (tertiary/aromatic N) is 6. The lowest BCUT2D eigenvalue weighted by Crippen LogP contribution is -2.76. The molecule has 4 rings (SSSR count). The second-order valence-corrected chi connectivity index (χ2v) is 10.3. The molecule has 0 aromatic carbocycles. The van der Waals surface area contributed by atoms with E-state index in [2.05, 4.69) is 20.3 Å². The minimum absolute atomic E-state index is 0.0510. The molecule has 2 N–H and O–H groups in total. The molecular formula is C24H26F3N7O2. The molecule has 1 unspecified atom stereocenters. The van der Waals surface area contributed by atoms with E-state index in [-0.39, 0.29) is 34.7 Å². The standard InChI is InChI=1S/C24H26F3N7O2/c1-21(2,3)23(22(4,5)32-8-9-34(23)20(35)36)18-17-15(24(25,26)27)12-33(19(17)31-13-30-18)16-10-14(11-28)6-7-29-16/h6-7,10,12-13,32H,8-9H2,1-5H3,(H,35,36). The van der Waals surface area contributed by atoms with Crippen LogP contribution in [0.25, 0.3) is 16.9 Å². The summed E-state index contributed by atoms with van der Waals surface area (Å²) in [5.74, 6) is 0.0696. The average Bonchev–Trinajstić information content (AvgIpc) is 3.18. The molecule has 12 heteroatoms. The second kappa shape index (κ2) is 8.16. The SMILES string of the molecule is CC(C)(C)C1(c2ncnc3c2c(C(F)(F)F)cn3-c2cc(C#N)ccn2)N(C(=O)O)CCNC1(C)C. The van der Waals surface area contributed by atoms with Crippen LogP contribution in [-0.4, -0.2) is 54.2 Å². The minimum Gasteiger partial charge on any atom is -0.465 e. The molecule has 0 bridgehead atoms. The van der Waals surface area contributed by atoms with Crippen LogP contribution >= 0.6 is 0 Å². The highest BCUT2D eigenvalue weighted by atomic mass is 19.4. The van der Waals surface area contributed by atoms with Crippen molar-refractivity contribution in [3.8, 4) is 11.9 Å². The summed E-state index contributed by atoms with van der Waals surface area (Å²) in [5.41, 5.74) is -4.41. The van der Waals surface area contributed by atoms with Gasteiger partial charge in [-0.2, -0.15) is 18.4 Å². The Bertz CT molecular complexity index is 1390. The van der Waals surface area contributed by atoms with E-state index in [9.17, 15) is 28.3 Å². The molecule has 190 valence electrons. The smallest absolute Gasteiger partial charge is 0.418 e. The quantitative estimate of drug-likeness (QED) is 0.537. The van der Waals surface area contributed by atoms with Crippen LogP contribution in [0.3, 0.4) is 0 Å². The van der Waals surface area contributed by atoms with Crippen molar-refractivity contribution < 1.29 is 23.1 Å². The van der Waals surface area contributed by atoms with Crippen molar-refractivity contribution in [2.75, 3.05) is 13.1 Å². The Morgan fingerprint density at radius 2 is 1.92 bits per heavy atom. The predicted octanol–water partition coefficient (Wildman–Crippen LogP) is 4.31. The summed E-state index contributed by atoms with van der Waals surface area (Å²) < 4.78 is 44.7. The third kappa shape index (κ3) is 3.57. The first kappa shape index (κ1) is 25.4. The fraction of sp³-hybridized carbons (Fsp3) is 0.458. The number of alkyl halides is 3. The molecule has 9 nitrogen and oxygen atoms in total. The van der Waals surface area contributed by atoms with Crippen LogP contribution in [-0.2, 0) is 11.7 Å². The van der Waals surface area contributed by atoms with Crippen LogP contribution in [0.4, 0.5) is 18.0 Å². The highest BCUT2D eigenvalue weighted by molar-refractivity contribution is 5.87. The van der Waals surface area contributed by atoms with Crippen molar-refractivity contribution in [3.05, 3.63) is 47.7 Å². The number of carbonyl (C=O) groups is 1. The van der Waals surface area contributed by atoms with E-state index in [0.29, 0.717) is 6.54 Å². The highest BCUT2D eigenvalue weighted by Gasteiger charge is 2.63. The maximum atomic E-state index is 14.5. The number of hydrogen-bond acceptors (Lipinski definition) is 6. The molecule has 1 aliphatic rings. The van der Waals surface area contributed by atoms with E-state index in [1.54, 1.807) is 34.6 Å². The largest absolute Gasteiger partial charge is 0.465 e. The van der Waals surface area contributed by atoms with Crippen molar-refractivity contribution in [2.24, 2.45) is 5.41 Å². The molecule has 4 heterocycles. The van der Waals surface area contributed by atoms with Gasteiger partial charge in [-0.1, -0.05) is 20.8 Å². The molecule has 0 saturated carbocycles. The minimum atomic E-state index is -4.81. The number of halogens is 3. The van der Waals surface area contributed by atoms with Gasteiger partial charge in [0.15, 0.2) is 0 Å². The van der Waals surface area contributed by atoms with Gasteiger partial charge < -0.3 is 10.4 Å². The van der Waals surface area contributed by atoms with Gasteiger partial charge in [0.1, 0.15) is 23.3 Å². The summed E-state index contributed by atoms with van der Waals surface area (Å²) in [6, 6.07) is 4.75. The Labute approximate surface area is 205 Å². The molecule has 1 amide bonds. The molecule has 3 aromatic rings. The van der Waals surface area contributed by atoms with E-state index in [1.165, 1.54) is 23.2 Å². The Kier molecular flexibility index (Phi) is 5.75. The summed E-state index contributed by atoms with van der Waals surface area (Å²) >= 11 is 0. The molecule has 0 radical (unpaired) electrons. The lowest BCUT2D eigenvalue weighted by atomic mass is 9.59. The van der Waals surface area contributed by atoms with Gasteiger partial charge in [0, 0.05) is 31.0 Å². The van der Waals surface area contributed by atoms with Crippen LogP contribution in [0, 0.1) is 16.7 Å². The monoisotopic (exact) mass is 501 g/mol. The number of fused-ring (bicyclic) bond motifs is 1. The summed E-state index contributed by atoms with van der Waals surface area (Å²) in [6.45, 7) is 9.27. The van der Waals surface area contributed by atoms with Gasteiger partial charge in [-0.15, -0.1) is 0 Å². The maximum absolute atomic E-state index is 14.5. The van der Waals surface area contributed by atoms with Crippen LogP contribution in [0.1, 0.15) is 51.4 Å². The third-order valence-electron chi connectivity index (χ3n) is 6.88. The van der Waals surface area contributed by atoms with Gasteiger partial charge in [-0.05, 0) is 31.4 Å². The summed E-state index contributed by atoms with van der Waals surface area (Å²) in [5, 5.41) is 22.5. The van der Waals surface area contributed by atoms with Gasteiger partial charge in [0.25, 0.3) is 0 Å². The predicted molar refractivity (Wildman–Crippen MR) is 124 cm³/mol. The molecular weight excluding hydrogens is 475 g/mol. The van der Waals surface area contributed by atoms with E-state index in [0.717, 1.165) is 17.1 Å².